The van der Waals surface area contributed by atoms with Crippen LogP contribution in [0.2, 0.25) is 0 Å². The number of halogens is 1. The largest absolute Gasteiger partial charge is 0.354 e. The second-order valence-corrected chi connectivity index (χ2v) is 7.76. The first-order chi connectivity index (χ1) is 13.1. The lowest BCUT2D eigenvalue weighted by atomic mass is 10.1. The molecule has 0 radical (unpaired) electrons. The van der Waals surface area contributed by atoms with E-state index in [4.69, 9.17) is 4.52 Å². The molecule has 3 aromatic rings. The van der Waals surface area contributed by atoms with Crippen molar-refractivity contribution in [3.63, 3.8) is 0 Å². The number of rotatable bonds is 8. The number of aromatic nitrogens is 2. The van der Waals surface area contributed by atoms with Crippen molar-refractivity contribution in [2.45, 2.75) is 38.6 Å². The third kappa shape index (κ3) is 6.16. The highest BCUT2D eigenvalue weighted by atomic mass is 127. The molecule has 1 aromatic heterocycles. The van der Waals surface area contributed by atoms with Crippen molar-refractivity contribution in [1.82, 2.24) is 15.5 Å². The van der Waals surface area contributed by atoms with Gasteiger partial charge in [-0.1, -0.05) is 47.6 Å². The first-order valence-electron chi connectivity index (χ1n) is 9.02. The Morgan fingerprint density at radius 3 is 2.59 bits per heavy atom. The van der Waals surface area contributed by atoms with Gasteiger partial charge in [0.25, 0.3) is 0 Å². The quantitative estimate of drug-likeness (QED) is 0.491. The molecule has 0 saturated carbocycles. The summed E-state index contributed by atoms with van der Waals surface area (Å²) in [6, 6.07) is 18.3. The summed E-state index contributed by atoms with van der Waals surface area (Å²) >= 11 is 2.25. The van der Waals surface area contributed by atoms with Crippen LogP contribution in [0.3, 0.4) is 0 Å². The fourth-order valence-electron chi connectivity index (χ4n) is 2.74. The third-order valence-corrected chi connectivity index (χ3v) is 4.97. The summed E-state index contributed by atoms with van der Waals surface area (Å²) in [6.07, 6.45) is 2.64. The van der Waals surface area contributed by atoms with Crippen LogP contribution in [0.1, 0.15) is 31.2 Å². The van der Waals surface area contributed by atoms with Crippen LogP contribution in [0.4, 0.5) is 0 Å². The molecule has 0 saturated heterocycles. The van der Waals surface area contributed by atoms with Gasteiger partial charge in [0, 0.05) is 28.0 Å². The Morgan fingerprint density at radius 2 is 1.85 bits per heavy atom. The Bertz CT molecular complexity index is 863. The van der Waals surface area contributed by atoms with Crippen molar-refractivity contribution >= 4 is 28.5 Å². The molecule has 0 aliphatic carbocycles. The van der Waals surface area contributed by atoms with E-state index < -0.39 is 0 Å². The number of hydrogen-bond acceptors (Lipinski definition) is 4. The number of nitrogens with one attached hydrogen (secondary N) is 1. The molecule has 2 aromatic carbocycles. The zero-order valence-electron chi connectivity index (χ0n) is 15.2. The molecule has 1 unspecified atom stereocenters. The van der Waals surface area contributed by atoms with Gasteiger partial charge in [-0.15, -0.1) is 0 Å². The SMILES string of the molecule is CC(CCc1ccccc1)NC(=O)CCc1nc(-c2ccc(I)cc2)no1. The molecule has 3 rings (SSSR count). The molecular formula is C21H22IN3O2. The van der Waals surface area contributed by atoms with Gasteiger partial charge >= 0.3 is 0 Å². The Balaban J connectivity index is 1.43. The number of benzene rings is 2. The lowest BCUT2D eigenvalue weighted by Gasteiger charge is -2.13. The van der Waals surface area contributed by atoms with Gasteiger partial charge in [-0.3, -0.25) is 4.79 Å². The zero-order chi connectivity index (χ0) is 19.1. The molecular weight excluding hydrogens is 453 g/mol. The standard InChI is InChI=1S/C21H22IN3O2/c1-15(7-8-16-5-3-2-4-6-16)23-19(26)13-14-20-24-21(25-27-20)17-9-11-18(22)12-10-17/h2-6,9-12,15H,7-8,13-14H2,1H3,(H,23,26). The molecule has 1 amide bonds. The van der Waals surface area contributed by atoms with Gasteiger partial charge in [-0.05, 0) is 60.1 Å². The van der Waals surface area contributed by atoms with E-state index in [-0.39, 0.29) is 11.9 Å². The second-order valence-electron chi connectivity index (χ2n) is 6.51. The number of carbonyl (C=O) groups is 1. The highest BCUT2D eigenvalue weighted by molar-refractivity contribution is 14.1. The summed E-state index contributed by atoms with van der Waals surface area (Å²) in [7, 11) is 0. The second kappa shape index (κ2) is 9.64. The van der Waals surface area contributed by atoms with Crippen molar-refractivity contribution < 1.29 is 9.32 Å². The van der Waals surface area contributed by atoms with Crippen molar-refractivity contribution in [1.29, 1.82) is 0 Å². The molecule has 0 aliphatic rings. The molecule has 1 N–H and O–H groups in total. The summed E-state index contributed by atoms with van der Waals surface area (Å²) in [4.78, 5) is 16.5. The van der Waals surface area contributed by atoms with Crippen LogP contribution in [0.15, 0.2) is 59.1 Å². The van der Waals surface area contributed by atoms with Crippen molar-refractivity contribution in [3.8, 4) is 11.4 Å². The van der Waals surface area contributed by atoms with Crippen LogP contribution >= 0.6 is 22.6 Å². The highest BCUT2D eigenvalue weighted by Gasteiger charge is 2.12. The van der Waals surface area contributed by atoms with Crippen molar-refractivity contribution in [2.24, 2.45) is 0 Å². The summed E-state index contributed by atoms with van der Waals surface area (Å²) in [6.45, 7) is 2.03. The number of nitrogens with zero attached hydrogens (tertiary/aromatic N) is 2. The van der Waals surface area contributed by atoms with E-state index in [0.717, 1.165) is 22.0 Å². The minimum absolute atomic E-state index is 0.00424. The van der Waals surface area contributed by atoms with Gasteiger partial charge in [0.15, 0.2) is 0 Å². The van der Waals surface area contributed by atoms with E-state index in [1.165, 1.54) is 5.56 Å². The highest BCUT2D eigenvalue weighted by Crippen LogP contribution is 2.17. The van der Waals surface area contributed by atoms with Gasteiger partial charge in [0.2, 0.25) is 17.6 Å². The number of carbonyl (C=O) groups excluding carboxylic acids is 1. The molecule has 5 nitrogen and oxygen atoms in total. The number of hydrogen-bond donors (Lipinski definition) is 1. The van der Waals surface area contributed by atoms with Gasteiger partial charge in [0.05, 0.1) is 0 Å². The lowest BCUT2D eigenvalue weighted by Crippen LogP contribution is -2.33. The summed E-state index contributed by atoms with van der Waals surface area (Å²) in [5.41, 5.74) is 2.19. The number of amides is 1. The third-order valence-electron chi connectivity index (χ3n) is 4.25. The molecule has 27 heavy (non-hydrogen) atoms. The minimum Gasteiger partial charge on any atom is -0.354 e. The lowest BCUT2D eigenvalue weighted by molar-refractivity contribution is -0.121. The van der Waals surface area contributed by atoms with Gasteiger partial charge in [-0.2, -0.15) is 4.98 Å². The Kier molecular flexibility index (Phi) is 6.98. The fourth-order valence-corrected chi connectivity index (χ4v) is 3.10. The van der Waals surface area contributed by atoms with Crippen LogP contribution in [0.5, 0.6) is 0 Å². The van der Waals surface area contributed by atoms with Crippen LogP contribution < -0.4 is 5.32 Å². The topological polar surface area (TPSA) is 68.0 Å². The molecule has 0 fully saturated rings. The van der Waals surface area contributed by atoms with Gasteiger partial charge < -0.3 is 9.84 Å². The monoisotopic (exact) mass is 475 g/mol. The predicted molar refractivity (Wildman–Crippen MR) is 113 cm³/mol. The van der Waals surface area contributed by atoms with Crippen molar-refractivity contribution in [3.05, 3.63) is 69.6 Å². The molecule has 140 valence electrons. The maximum absolute atomic E-state index is 12.2. The van der Waals surface area contributed by atoms with Gasteiger partial charge in [0.1, 0.15) is 0 Å². The maximum atomic E-state index is 12.2. The Hall–Kier alpha value is -2.22. The van der Waals surface area contributed by atoms with E-state index in [1.807, 2.05) is 49.4 Å². The average molecular weight is 475 g/mol. The predicted octanol–water partition coefficient (Wildman–Crippen LogP) is 4.41. The van der Waals surface area contributed by atoms with E-state index >= 15 is 0 Å². The zero-order valence-corrected chi connectivity index (χ0v) is 17.3. The summed E-state index contributed by atoms with van der Waals surface area (Å²) < 4.78 is 6.42. The average Bonchev–Trinajstić information content (AvgIpc) is 3.15. The number of aryl methyl sites for hydroxylation is 2. The molecule has 1 heterocycles. The van der Waals surface area contributed by atoms with Crippen LogP contribution in [-0.2, 0) is 17.6 Å². The summed E-state index contributed by atoms with van der Waals surface area (Å²) in [5, 5.41) is 7.03. The Labute approximate surface area is 172 Å². The minimum atomic E-state index is 0.00424. The molecule has 6 heteroatoms. The molecule has 0 bridgehead atoms. The Morgan fingerprint density at radius 1 is 1.11 bits per heavy atom. The van der Waals surface area contributed by atoms with E-state index in [2.05, 4.69) is 50.2 Å². The maximum Gasteiger partial charge on any atom is 0.227 e. The van der Waals surface area contributed by atoms with Crippen LogP contribution in [0.25, 0.3) is 11.4 Å². The normalized spacial score (nSPS) is 11.9. The first kappa shape index (κ1) is 19.5. The van der Waals surface area contributed by atoms with E-state index in [0.29, 0.717) is 24.6 Å². The molecule has 0 spiro atoms. The fraction of sp³-hybridized carbons (Fsp3) is 0.286. The smallest absolute Gasteiger partial charge is 0.227 e. The van der Waals surface area contributed by atoms with Crippen molar-refractivity contribution in [2.75, 3.05) is 0 Å². The summed E-state index contributed by atoms with van der Waals surface area (Å²) in [5.74, 6) is 1.04. The van der Waals surface area contributed by atoms with E-state index in [1.54, 1.807) is 0 Å². The first-order valence-corrected chi connectivity index (χ1v) is 10.1. The van der Waals surface area contributed by atoms with Crippen LogP contribution in [0, 0.1) is 3.57 Å². The molecule has 1 atom stereocenters. The van der Waals surface area contributed by atoms with Gasteiger partial charge in [-0.25, -0.2) is 0 Å². The van der Waals surface area contributed by atoms with Crippen LogP contribution in [-0.4, -0.2) is 22.1 Å². The van der Waals surface area contributed by atoms with E-state index in [9.17, 15) is 4.79 Å². The molecule has 0 aliphatic heterocycles.